The van der Waals surface area contributed by atoms with Crippen LogP contribution >= 0.6 is 23.2 Å². The molecule has 5 atom stereocenters. The van der Waals surface area contributed by atoms with Gasteiger partial charge in [0.05, 0.1) is 43.2 Å². The highest BCUT2D eigenvalue weighted by Gasteiger charge is 2.46. The van der Waals surface area contributed by atoms with E-state index in [1.165, 1.54) is 11.1 Å². The van der Waals surface area contributed by atoms with E-state index < -0.39 is 12.1 Å². The molecule has 7 aromatic rings. The Labute approximate surface area is 487 Å². The number of methoxy groups -OCH3 is 1. The van der Waals surface area contributed by atoms with Gasteiger partial charge in [0.15, 0.2) is 0 Å². The first-order valence-electron chi connectivity index (χ1n) is 28.1. The molecule has 11 rings (SSSR count). The zero-order valence-electron chi connectivity index (χ0n) is 46.2. The van der Waals surface area contributed by atoms with Crippen LogP contribution in [0.15, 0.2) is 145 Å². The number of amides is 4. The number of nitrogens with zero attached hydrogens (tertiary/aromatic N) is 9. The van der Waals surface area contributed by atoms with Gasteiger partial charge in [-0.25, -0.2) is 4.79 Å². The third kappa shape index (κ3) is 12.5. The smallest absolute Gasteiger partial charge is 0.326 e. The fraction of sp³-hybridized carbons (Fsp3) is 0.349. The Hall–Kier alpha value is -7.83. The van der Waals surface area contributed by atoms with Gasteiger partial charge in [-0.3, -0.25) is 34.0 Å². The molecule has 0 bridgehead atoms. The van der Waals surface area contributed by atoms with Gasteiger partial charge in [0.1, 0.15) is 29.9 Å². The van der Waals surface area contributed by atoms with Crippen molar-refractivity contribution < 1.29 is 29.0 Å². The quantitative estimate of drug-likeness (QED) is 0.0701. The molecule has 2 fully saturated rings. The van der Waals surface area contributed by atoms with E-state index in [1.807, 2.05) is 99.2 Å². The summed E-state index contributed by atoms with van der Waals surface area (Å²) < 4.78 is 13.7. The molecule has 5 aromatic carbocycles. The number of aliphatic imine (C=N–C) groups is 1. The maximum absolute atomic E-state index is 15.2. The number of hydrogen-bond donors (Lipinski definition) is 3. The SMILES string of the molecule is COc1ccc(C2=N[C@H](c3ccc(Cl)cc3)[C@H](c3ccc(Cl)cc3)N2C(=O)N2CCN(CCCn3cc(CCCC(=O)Nc4cccc(-c5ccc6c(c5)[C@H]5[C@H](CCN5Cc5ccncc5)[C@@H](CO)N6)c4)nn3)C(=O)C2)c(OC(C)C)c1. The topological polar surface area (TPSA) is 183 Å². The van der Waals surface area contributed by atoms with Crippen molar-refractivity contribution in [2.24, 2.45) is 10.9 Å². The maximum Gasteiger partial charge on any atom is 0.326 e. The normalized spacial score (nSPS) is 19.6. The molecule has 0 spiro atoms. The zero-order chi connectivity index (χ0) is 56.9. The Morgan fingerprint density at radius 2 is 1.61 bits per heavy atom. The Balaban J connectivity index is 0.686. The number of amidine groups is 1. The number of ether oxygens (including phenoxy) is 2. The molecule has 3 N–H and O–H groups in total. The van der Waals surface area contributed by atoms with Crippen molar-refractivity contribution in [1.29, 1.82) is 0 Å². The van der Waals surface area contributed by atoms with Crippen LogP contribution in [0.4, 0.5) is 16.2 Å². The van der Waals surface area contributed by atoms with Crippen LogP contribution in [0.25, 0.3) is 11.1 Å². The molecule has 2 saturated heterocycles. The van der Waals surface area contributed by atoms with Crippen molar-refractivity contribution >= 4 is 58.3 Å². The fourth-order valence-electron chi connectivity index (χ4n) is 11.9. The van der Waals surface area contributed by atoms with Gasteiger partial charge in [-0.1, -0.05) is 70.9 Å². The minimum Gasteiger partial charge on any atom is -0.497 e. The number of pyridine rings is 1. The third-order valence-electron chi connectivity index (χ3n) is 15.9. The molecule has 19 heteroatoms. The molecular formula is C63H67Cl2N11O6. The number of halogens is 2. The minimum atomic E-state index is -0.610. The number of fused-ring (bicyclic) bond motifs is 3. The molecule has 2 aromatic heterocycles. The second-order valence-electron chi connectivity index (χ2n) is 21.7. The number of aromatic nitrogens is 4. The number of nitrogens with one attached hydrogen (secondary N) is 2. The van der Waals surface area contributed by atoms with Crippen LogP contribution < -0.4 is 20.1 Å². The molecule has 4 aliphatic rings. The summed E-state index contributed by atoms with van der Waals surface area (Å²) >= 11 is 12.8. The molecule has 4 aliphatic heterocycles. The van der Waals surface area contributed by atoms with Crippen molar-refractivity contribution in [1.82, 2.24) is 39.6 Å². The van der Waals surface area contributed by atoms with E-state index in [9.17, 15) is 14.7 Å². The van der Waals surface area contributed by atoms with Crippen LogP contribution in [0.1, 0.15) is 91.2 Å². The first-order valence-corrected chi connectivity index (χ1v) is 28.9. The summed E-state index contributed by atoms with van der Waals surface area (Å²) in [5.41, 5.74) is 9.34. The van der Waals surface area contributed by atoms with Crippen LogP contribution in [0.5, 0.6) is 11.5 Å². The number of rotatable bonds is 19. The molecule has 4 amide bonds. The van der Waals surface area contributed by atoms with Crippen LogP contribution in [0, 0.1) is 5.92 Å². The number of aliphatic hydroxyl groups excluding tert-OH is 1. The number of carbonyl (C=O) groups is 3. The van der Waals surface area contributed by atoms with Crippen LogP contribution in [0.2, 0.25) is 10.0 Å². The second kappa shape index (κ2) is 25.1. The van der Waals surface area contributed by atoms with Crippen LogP contribution in [0.3, 0.4) is 0 Å². The molecule has 82 heavy (non-hydrogen) atoms. The number of aliphatic hydroxyl groups is 1. The monoisotopic (exact) mass is 1140 g/mol. The number of piperazine rings is 1. The lowest BCUT2D eigenvalue weighted by atomic mass is 9.82. The molecule has 424 valence electrons. The number of aryl methyl sites for hydroxylation is 2. The van der Waals surface area contributed by atoms with Crippen molar-refractivity contribution in [2.45, 2.75) is 89.3 Å². The first-order chi connectivity index (χ1) is 39.9. The Morgan fingerprint density at radius 3 is 2.35 bits per heavy atom. The highest BCUT2D eigenvalue weighted by atomic mass is 35.5. The van der Waals surface area contributed by atoms with Gasteiger partial charge in [-0.2, -0.15) is 0 Å². The van der Waals surface area contributed by atoms with Crippen molar-refractivity contribution in [2.75, 3.05) is 57.1 Å². The Kier molecular flexibility index (Phi) is 17.2. The fourth-order valence-corrected chi connectivity index (χ4v) is 12.2. The van der Waals surface area contributed by atoms with E-state index in [-0.39, 0.29) is 55.1 Å². The standard InChI is InChI=1S/C63H67Cl2N11O6/c1-40(2)82-56-35-50(81-3)20-21-52(56)62-69-59(42-11-16-46(64)17-12-42)60(43-13-18-47(65)19-14-43)76(62)63(80)74-32-31-72(58(79)38-74)28-6-29-75-37-49(70-71-75)9-5-10-57(78)67-48-8-4-7-44(33-48)45-15-22-54-53(34-45)61-51(55(39-77)68-54)25-30-73(61)36-41-23-26-66-27-24-41/h4,7-8,11-24,26-27,33-35,37,40,51,55,59-61,68,77H,5-6,9-10,25,28-32,36,38-39H2,1-3H3,(H,67,78)/t51-,55-,59-,60+,61-/m1/s1. The number of benzene rings is 5. The number of carbonyl (C=O) groups excluding carboxylic acids is 3. The summed E-state index contributed by atoms with van der Waals surface area (Å²) in [6.45, 7) is 7.27. The molecule has 6 heterocycles. The number of urea groups is 1. The van der Waals surface area contributed by atoms with Gasteiger partial charge in [0.25, 0.3) is 0 Å². The third-order valence-corrected chi connectivity index (χ3v) is 16.4. The lowest BCUT2D eigenvalue weighted by Gasteiger charge is -2.39. The molecular weight excluding hydrogens is 1080 g/mol. The predicted molar refractivity (Wildman–Crippen MR) is 317 cm³/mol. The Bertz CT molecular complexity index is 3440. The highest BCUT2D eigenvalue weighted by molar-refractivity contribution is 6.30. The second-order valence-corrected chi connectivity index (χ2v) is 22.6. The average Bonchev–Trinajstić information content (AvgIpc) is 3.66. The average molecular weight is 1150 g/mol. The van der Waals surface area contributed by atoms with Gasteiger partial charge < -0.3 is 35.0 Å². The van der Waals surface area contributed by atoms with Crippen LogP contribution in [-0.2, 0) is 29.1 Å². The minimum absolute atomic E-state index is 0.00938. The number of anilines is 2. The van der Waals surface area contributed by atoms with Crippen molar-refractivity contribution in [3.05, 3.63) is 183 Å². The maximum atomic E-state index is 15.2. The summed E-state index contributed by atoms with van der Waals surface area (Å²) in [5.74, 6) is 1.54. The van der Waals surface area contributed by atoms with Gasteiger partial charge in [0.2, 0.25) is 11.8 Å². The summed E-state index contributed by atoms with van der Waals surface area (Å²) in [6.07, 6.45) is 8.48. The molecule has 17 nitrogen and oxygen atoms in total. The number of hydrogen-bond acceptors (Lipinski definition) is 12. The van der Waals surface area contributed by atoms with E-state index in [2.05, 4.69) is 67.2 Å². The van der Waals surface area contributed by atoms with Gasteiger partial charge in [-0.15, -0.1) is 5.10 Å². The van der Waals surface area contributed by atoms with E-state index in [1.54, 1.807) is 44.7 Å². The van der Waals surface area contributed by atoms with Crippen LogP contribution in [-0.4, -0.2) is 127 Å². The molecule has 0 saturated carbocycles. The van der Waals surface area contributed by atoms with Crippen molar-refractivity contribution in [3.63, 3.8) is 0 Å². The molecule has 0 unspecified atom stereocenters. The number of likely N-dealkylation sites (tertiary alicyclic amines) is 1. The summed E-state index contributed by atoms with van der Waals surface area (Å²) in [4.78, 5) is 59.5. The van der Waals surface area contributed by atoms with E-state index in [0.717, 1.165) is 58.8 Å². The predicted octanol–water partition coefficient (Wildman–Crippen LogP) is 10.7. The van der Waals surface area contributed by atoms with Crippen molar-refractivity contribution in [3.8, 4) is 22.6 Å². The van der Waals surface area contributed by atoms with E-state index in [0.29, 0.717) is 84.8 Å². The summed E-state index contributed by atoms with van der Waals surface area (Å²) in [6, 6.07) is 37.6. The van der Waals surface area contributed by atoms with Gasteiger partial charge >= 0.3 is 6.03 Å². The lowest BCUT2D eigenvalue weighted by molar-refractivity contribution is -0.135. The van der Waals surface area contributed by atoms with E-state index in [4.69, 9.17) is 37.7 Å². The van der Waals surface area contributed by atoms with Gasteiger partial charge in [0, 0.05) is 97.2 Å². The largest absolute Gasteiger partial charge is 0.497 e. The molecule has 0 radical (unpaired) electrons. The van der Waals surface area contributed by atoms with E-state index >= 15 is 4.79 Å². The summed E-state index contributed by atoms with van der Waals surface area (Å²) in [7, 11) is 1.59. The molecule has 0 aliphatic carbocycles. The first kappa shape index (κ1) is 56.1. The zero-order valence-corrected chi connectivity index (χ0v) is 47.7. The highest BCUT2D eigenvalue weighted by Crippen LogP contribution is 2.49. The van der Waals surface area contributed by atoms with Gasteiger partial charge in [-0.05, 0) is 152 Å². The lowest BCUT2D eigenvalue weighted by Crippen LogP contribution is -2.56. The summed E-state index contributed by atoms with van der Waals surface area (Å²) in [5, 5.41) is 26.9. The Morgan fingerprint density at radius 1 is 0.841 bits per heavy atom.